The van der Waals surface area contributed by atoms with Gasteiger partial charge in [-0.05, 0) is 143 Å². The maximum Gasteiger partial charge on any atom is 0.331 e. The average molecular weight is 1010 g/mol. The van der Waals surface area contributed by atoms with Gasteiger partial charge in [0.15, 0.2) is 18.6 Å². The van der Waals surface area contributed by atoms with Gasteiger partial charge >= 0.3 is 11.9 Å². The molecule has 1 aliphatic carbocycles. The quantitative estimate of drug-likeness (QED) is 0.0529. The molecule has 4 atom stereocenters. The number of nitrogens with one attached hydrogen (secondary N) is 1. The Morgan fingerprint density at radius 2 is 1.01 bits per heavy atom. The number of hydrogen-bond acceptors (Lipinski definition) is 13. The van der Waals surface area contributed by atoms with Crippen LogP contribution in [0.25, 0.3) is 22.3 Å². The second-order valence-electron chi connectivity index (χ2n) is 18.9. The Kier molecular flexibility index (Phi) is 11.4. The van der Waals surface area contributed by atoms with Gasteiger partial charge in [0.1, 0.15) is 36.1 Å². The van der Waals surface area contributed by atoms with E-state index in [1.165, 1.54) is 9.80 Å². The molecule has 0 saturated carbocycles. The van der Waals surface area contributed by atoms with Crippen molar-refractivity contribution in [3.05, 3.63) is 226 Å². The van der Waals surface area contributed by atoms with Crippen LogP contribution >= 0.6 is 0 Å². The molecule has 76 heavy (non-hydrogen) atoms. The second kappa shape index (κ2) is 18.8. The monoisotopic (exact) mass is 1010 g/mol. The molecular formula is C60H43N5O11. The molecular weight excluding hydrogens is 967 g/mol. The highest BCUT2D eigenvalue weighted by Gasteiger charge is 2.41. The van der Waals surface area contributed by atoms with E-state index < -0.39 is 42.3 Å². The van der Waals surface area contributed by atoms with E-state index >= 15 is 0 Å². The smallest absolute Gasteiger partial charge is 0.331 e. The largest absolute Gasteiger partial charge is 0.508 e. The summed E-state index contributed by atoms with van der Waals surface area (Å²) in [6.07, 6.45) is 17.0. The number of allylic oxidation sites excluding steroid dienone is 10. The first-order chi connectivity index (χ1) is 37.1. The number of phenolic OH excluding ortho intramolecular Hbond substituents is 2. The lowest BCUT2D eigenvalue weighted by molar-refractivity contribution is -0.374. The van der Waals surface area contributed by atoms with Gasteiger partial charge in [-0.25, -0.2) is 29.3 Å². The lowest BCUT2D eigenvalue weighted by Gasteiger charge is -2.39. The van der Waals surface area contributed by atoms with Crippen molar-refractivity contribution in [2.75, 3.05) is 19.7 Å². The van der Waals surface area contributed by atoms with Gasteiger partial charge < -0.3 is 34.3 Å². The number of hydrogen-bond donors (Lipinski definition) is 3. The number of phenols is 2. The molecule has 2 saturated heterocycles. The number of aromatic nitrogens is 1. The van der Waals surface area contributed by atoms with E-state index in [4.69, 9.17) is 34.0 Å². The van der Waals surface area contributed by atoms with Crippen molar-refractivity contribution in [2.24, 2.45) is 15.9 Å². The number of aliphatic imine (C=N–C) groups is 2. The third-order valence-corrected chi connectivity index (χ3v) is 14.1. The Bertz CT molecular complexity index is 3440. The van der Waals surface area contributed by atoms with E-state index in [2.05, 4.69) is 17.1 Å². The zero-order chi connectivity index (χ0) is 51.6. The molecule has 0 radical (unpaired) electrons. The minimum absolute atomic E-state index is 0.119. The van der Waals surface area contributed by atoms with E-state index in [9.17, 15) is 29.4 Å². The number of amides is 2. The average Bonchev–Trinajstić information content (AvgIpc) is 4.32. The molecule has 1 aromatic heterocycles. The summed E-state index contributed by atoms with van der Waals surface area (Å²) in [6, 6.07) is 32.3. The fraction of sp³-hybridized carbons (Fsp3) is 0.133. The summed E-state index contributed by atoms with van der Waals surface area (Å²) in [5.41, 5.74) is 12.4. The number of rotatable bonds is 10. The van der Waals surface area contributed by atoms with Crippen LogP contribution in [0.4, 0.5) is 0 Å². The van der Waals surface area contributed by atoms with Crippen molar-refractivity contribution in [3.8, 4) is 23.0 Å². The molecule has 374 valence electrons. The summed E-state index contributed by atoms with van der Waals surface area (Å²) in [6.45, 7) is -0.311. The third-order valence-electron chi connectivity index (χ3n) is 14.1. The summed E-state index contributed by atoms with van der Waals surface area (Å²) < 4.78 is 17.2. The summed E-state index contributed by atoms with van der Waals surface area (Å²) >= 11 is 0. The first-order valence-corrected chi connectivity index (χ1v) is 24.6. The lowest BCUT2D eigenvalue weighted by atomic mass is 9.91. The molecule has 16 heteroatoms. The highest BCUT2D eigenvalue weighted by Crippen LogP contribution is 2.42. The fourth-order valence-electron chi connectivity index (χ4n) is 10.5. The van der Waals surface area contributed by atoms with Gasteiger partial charge in [-0.15, -0.1) is 0 Å². The number of nitrogens with zero attached hydrogens (tertiary/aromatic N) is 4. The zero-order valence-electron chi connectivity index (χ0n) is 40.2. The Morgan fingerprint density at radius 1 is 0.539 bits per heavy atom. The van der Waals surface area contributed by atoms with E-state index in [0.717, 1.165) is 67.1 Å². The van der Waals surface area contributed by atoms with Crippen LogP contribution in [-0.4, -0.2) is 98.4 Å². The van der Waals surface area contributed by atoms with Crippen molar-refractivity contribution in [1.29, 1.82) is 0 Å². The van der Waals surface area contributed by atoms with E-state index in [0.29, 0.717) is 35.0 Å². The number of aromatic amines is 1. The van der Waals surface area contributed by atoms with Crippen molar-refractivity contribution < 1.29 is 53.4 Å². The van der Waals surface area contributed by atoms with Crippen LogP contribution in [0.3, 0.4) is 0 Å². The number of H-pyrrole nitrogens is 1. The minimum Gasteiger partial charge on any atom is -0.508 e. The predicted octanol–water partition coefficient (Wildman–Crippen LogP) is 8.08. The van der Waals surface area contributed by atoms with Crippen LogP contribution in [0, 0.1) is 5.92 Å². The van der Waals surface area contributed by atoms with Gasteiger partial charge in [-0.2, -0.15) is 0 Å². The van der Waals surface area contributed by atoms with E-state index in [1.807, 2.05) is 91.0 Å². The van der Waals surface area contributed by atoms with Gasteiger partial charge in [-0.3, -0.25) is 14.5 Å². The first kappa shape index (κ1) is 46.3. The maximum atomic E-state index is 13.3. The predicted molar refractivity (Wildman–Crippen MR) is 279 cm³/mol. The molecule has 12 bridgehead atoms. The van der Waals surface area contributed by atoms with Crippen molar-refractivity contribution in [1.82, 2.24) is 14.8 Å². The molecule has 16 nitrogen and oxygen atoms in total. The Morgan fingerprint density at radius 3 is 1.46 bits per heavy atom. The van der Waals surface area contributed by atoms with Crippen molar-refractivity contribution in [2.45, 2.75) is 25.0 Å². The number of esters is 2. The molecule has 10 heterocycles. The topological polar surface area (TPSA) is 202 Å². The molecule has 5 aromatic rings. The molecule has 9 aliphatic heterocycles. The van der Waals surface area contributed by atoms with Crippen LogP contribution in [0.5, 0.6) is 23.0 Å². The standard InChI is InChI=1S/C60H43N5O11/c66-40-12-3-35(4-13-40)57-46-22-20-44(61-46)55(33-7-16-42(17-8-33)73-53(68)30-64-51-27-11-39(32-72-51)59(64)70)37-1-2-38(29-37)56(34-9-18-43(19-10-34)74-54(69)31-65-52-28-26-50(60(65)71)75-76-52)45-21-23-47(62-45)58(49-25-24-48(57)63-49)36-5-14-41(67)15-6-36/h1-28,39,50-52,63,66-67H,29-32H2. The normalized spacial score (nSPS) is 21.9. The number of fused-ring (bicyclic) bond motifs is 10. The zero-order valence-corrected chi connectivity index (χ0v) is 40.2. The lowest BCUT2D eigenvalue weighted by Crippen LogP contribution is -2.56. The fourth-order valence-corrected chi connectivity index (χ4v) is 10.5. The minimum atomic E-state index is -0.913. The van der Waals surface area contributed by atoms with Gasteiger partial charge in [0.25, 0.3) is 5.91 Å². The summed E-state index contributed by atoms with van der Waals surface area (Å²) in [4.78, 5) is 79.4. The van der Waals surface area contributed by atoms with E-state index in [1.54, 1.807) is 66.8 Å². The Labute approximate surface area is 433 Å². The van der Waals surface area contributed by atoms with Crippen LogP contribution in [0.2, 0.25) is 0 Å². The summed E-state index contributed by atoms with van der Waals surface area (Å²) in [5, 5.41) is 20.8. The summed E-state index contributed by atoms with van der Waals surface area (Å²) in [5.74, 6) is -1.42. The number of ether oxygens (including phenoxy) is 3. The molecule has 0 spiro atoms. The molecule has 4 aromatic carbocycles. The third kappa shape index (κ3) is 8.55. The molecule has 2 fully saturated rings. The van der Waals surface area contributed by atoms with Crippen molar-refractivity contribution in [3.63, 3.8) is 0 Å². The van der Waals surface area contributed by atoms with Gasteiger partial charge in [-0.1, -0.05) is 66.8 Å². The Hall–Kier alpha value is -9.48. The SMILES string of the molecule is O=C(CN1C(=O)C2C=CC1OC2)Oc1ccc(C2=C3C=CC(=C(c4ccc(OC(=O)CN5C(=O)C6C=CC5OO6)cc4)C4=NC(=C(c5ccc(O)cc5)c5ccc([nH]5)C(c5ccc(O)cc5)=C5C=CC2=N5)C=C4)C3)cc1. The first-order valence-electron chi connectivity index (χ1n) is 24.6. The molecule has 10 aliphatic rings. The van der Waals surface area contributed by atoms with Gasteiger partial charge in [0, 0.05) is 33.7 Å². The highest BCUT2D eigenvalue weighted by molar-refractivity contribution is 6.34. The van der Waals surface area contributed by atoms with Crippen LogP contribution in [0.15, 0.2) is 202 Å². The number of carbonyl (C=O) groups is 4. The van der Waals surface area contributed by atoms with Crippen LogP contribution in [-0.2, 0) is 33.7 Å². The van der Waals surface area contributed by atoms with E-state index in [-0.39, 0.29) is 42.9 Å². The Balaban J connectivity index is 0.910. The maximum absolute atomic E-state index is 13.3. The van der Waals surface area contributed by atoms with Crippen molar-refractivity contribution >= 4 is 57.5 Å². The highest BCUT2D eigenvalue weighted by atomic mass is 17.2. The number of carbonyl (C=O) groups excluding carboxylic acids is 4. The van der Waals surface area contributed by atoms with Gasteiger partial charge in [0.2, 0.25) is 5.91 Å². The molecule has 3 N–H and O–H groups in total. The number of aromatic hydroxyl groups is 2. The summed E-state index contributed by atoms with van der Waals surface area (Å²) in [7, 11) is 0. The second-order valence-corrected chi connectivity index (χ2v) is 18.9. The van der Waals surface area contributed by atoms with Crippen LogP contribution in [0.1, 0.15) is 40.1 Å². The van der Waals surface area contributed by atoms with Crippen LogP contribution < -0.4 is 9.47 Å². The molecule has 15 rings (SSSR count). The van der Waals surface area contributed by atoms with Gasteiger partial charge in [0.05, 0.1) is 35.3 Å². The molecule has 4 unspecified atom stereocenters. The number of benzene rings is 4. The molecule has 2 amide bonds.